The molecule has 3 aromatic rings. The van der Waals surface area contributed by atoms with Gasteiger partial charge in [-0.15, -0.1) is 22.7 Å². The lowest BCUT2D eigenvalue weighted by molar-refractivity contribution is 0.0695. The minimum atomic E-state index is 0.0455. The number of carbonyl (C=O) groups excluding carboxylic acids is 1. The van der Waals surface area contributed by atoms with Crippen molar-refractivity contribution in [3.05, 3.63) is 64.5 Å². The fraction of sp³-hybridized carbons (Fsp3) is 0.222. The lowest BCUT2D eigenvalue weighted by Gasteiger charge is -2.26. The minimum absolute atomic E-state index is 0.0455. The molecule has 0 bridgehead atoms. The van der Waals surface area contributed by atoms with E-state index in [1.54, 1.807) is 17.5 Å². The smallest absolute Gasteiger partial charge is 0.266 e. The van der Waals surface area contributed by atoms with Crippen LogP contribution in [0.2, 0.25) is 0 Å². The average Bonchev–Trinajstić information content (AvgIpc) is 3.23. The van der Waals surface area contributed by atoms with E-state index in [9.17, 15) is 4.79 Å². The third kappa shape index (κ3) is 3.68. The molecule has 0 saturated carbocycles. The highest BCUT2D eigenvalue weighted by Crippen LogP contribution is 2.29. The van der Waals surface area contributed by atoms with Gasteiger partial charge in [-0.05, 0) is 30.9 Å². The number of carbonyl (C=O) groups is 1. The van der Waals surface area contributed by atoms with Crippen LogP contribution in [0.5, 0.6) is 0 Å². The van der Waals surface area contributed by atoms with E-state index in [2.05, 4.69) is 4.98 Å². The largest absolute Gasteiger partial charge is 0.331 e. The SMILES string of the molecule is CC(C)N(Cc1ccccc1)C(=O)c1cnc(-c2cccs2)s1. The van der Waals surface area contributed by atoms with E-state index >= 15 is 0 Å². The van der Waals surface area contributed by atoms with Gasteiger partial charge in [0.25, 0.3) is 5.91 Å². The molecule has 0 N–H and O–H groups in total. The van der Waals surface area contributed by atoms with Crippen LogP contribution in [0.15, 0.2) is 54.0 Å². The molecule has 0 unspecified atom stereocenters. The van der Waals surface area contributed by atoms with E-state index < -0.39 is 0 Å². The predicted molar refractivity (Wildman–Crippen MR) is 96.9 cm³/mol. The summed E-state index contributed by atoms with van der Waals surface area (Å²) in [5.74, 6) is 0.0455. The molecule has 3 nitrogen and oxygen atoms in total. The maximum absolute atomic E-state index is 12.9. The molecule has 1 amide bonds. The topological polar surface area (TPSA) is 33.2 Å². The van der Waals surface area contributed by atoms with Crippen molar-refractivity contribution in [2.75, 3.05) is 0 Å². The van der Waals surface area contributed by atoms with Gasteiger partial charge in [0, 0.05) is 12.6 Å². The van der Waals surface area contributed by atoms with Crippen molar-refractivity contribution in [2.24, 2.45) is 0 Å². The van der Waals surface area contributed by atoms with E-state index in [1.165, 1.54) is 11.3 Å². The van der Waals surface area contributed by atoms with Gasteiger partial charge in [0.2, 0.25) is 0 Å². The normalized spacial score (nSPS) is 10.9. The fourth-order valence-corrected chi connectivity index (χ4v) is 3.97. The molecule has 118 valence electrons. The molecule has 0 aliphatic rings. The summed E-state index contributed by atoms with van der Waals surface area (Å²) >= 11 is 3.10. The number of hydrogen-bond donors (Lipinski definition) is 0. The molecular weight excluding hydrogens is 324 g/mol. The van der Waals surface area contributed by atoms with Crippen molar-refractivity contribution in [3.8, 4) is 9.88 Å². The number of thiazole rings is 1. The number of nitrogens with zero attached hydrogens (tertiary/aromatic N) is 2. The Hall–Kier alpha value is -1.98. The molecule has 0 saturated heterocycles. The van der Waals surface area contributed by atoms with Crippen LogP contribution in [-0.2, 0) is 6.54 Å². The van der Waals surface area contributed by atoms with Crippen molar-refractivity contribution in [1.82, 2.24) is 9.88 Å². The average molecular weight is 342 g/mol. The molecule has 0 aliphatic heterocycles. The van der Waals surface area contributed by atoms with E-state index in [0.29, 0.717) is 11.4 Å². The predicted octanol–water partition coefficient (Wildman–Crippen LogP) is 4.92. The maximum atomic E-state index is 12.9. The molecule has 0 aliphatic carbocycles. The standard InChI is InChI=1S/C18H18N2OS2/c1-13(2)20(12-14-7-4-3-5-8-14)18(21)16-11-19-17(23-16)15-9-6-10-22-15/h3-11,13H,12H2,1-2H3. The van der Waals surface area contributed by atoms with Crippen LogP contribution in [0.25, 0.3) is 9.88 Å². The summed E-state index contributed by atoms with van der Waals surface area (Å²) in [5, 5.41) is 2.93. The molecule has 2 aromatic heterocycles. The summed E-state index contributed by atoms with van der Waals surface area (Å²) < 4.78 is 0. The molecule has 0 atom stereocenters. The van der Waals surface area contributed by atoms with Gasteiger partial charge in [-0.2, -0.15) is 0 Å². The number of rotatable bonds is 5. The number of thiophene rings is 1. The Morgan fingerprint density at radius 1 is 1.17 bits per heavy atom. The van der Waals surface area contributed by atoms with E-state index in [-0.39, 0.29) is 11.9 Å². The Morgan fingerprint density at radius 2 is 1.96 bits per heavy atom. The third-order valence-corrected chi connectivity index (χ3v) is 5.55. The molecule has 0 fully saturated rings. The Bertz CT molecular complexity index is 763. The first-order chi connectivity index (χ1) is 11.1. The second kappa shape index (κ2) is 7.06. The molecular formula is C18H18N2OS2. The fourth-order valence-electron chi connectivity index (χ4n) is 2.30. The lowest BCUT2D eigenvalue weighted by atomic mass is 10.2. The monoisotopic (exact) mass is 342 g/mol. The van der Waals surface area contributed by atoms with Gasteiger partial charge < -0.3 is 4.90 Å². The number of amides is 1. The minimum Gasteiger partial charge on any atom is -0.331 e. The van der Waals surface area contributed by atoms with Gasteiger partial charge in [-0.1, -0.05) is 36.4 Å². The molecule has 5 heteroatoms. The van der Waals surface area contributed by atoms with Crippen molar-refractivity contribution >= 4 is 28.6 Å². The van der Waals surface area contributed by atoms with Gasteiger partial charge in [0.1, 0.15) is 9.88 Å². The highest BCUT2D eigenvalue weighted by Gasteiger charge is 2.21. The number of benzene rings is 1. The highest BCUT2D eigenvalue weighted by molar-refractivity contribution is 7.21. The molecule has 1 aromatic carbocycles. The van der Waals surface area contributed by atoms with Crippen LogP contribution in [0, 0.1) is 0 Å². The first kappa shape index (κ1) is 15.9. The molecule has 3 rings (SSSR count). The van der Waals surface area contributed by atoms with Gasteiger partial charge in [-0.3, -0.25) is 4.79 Å². The van der Waals surface area contributed by atoms with Crippen molar-refractivity contribution < 1.29 is 4.79 Å². The van der Waals surface area contributed by atoms with Gasteiger partial charge in [-0.25, -0.2) is 4.98 Å². The Kier molecular flexibility index (Phi) is 4.88. The van der Waals surface area contributed by atoms with E-state index in [1.807, 2.05) is 66.6 Å². The Balaban J connectivity index is 1.81. The highest BCUT2D eigenvalue weighted by atomic mass is 32.1. The van der Waals surface area contributed by atoms with Crippen LogP contribution >= 0.6 is 22.7 Å². The Morgan fingerprint density at radius 3 is 2.61 bits per heavy atom. The first-order valence-corrected chi connectivity index (χ1v) is 9.19. The van der Waals surface area contributed by atoms with Gasteiger partial charge >= 0.3 is 0 Å². The molecule has 0 radical (unpaired) electrons. The van der Waals surface area contributed by atoms with Crippen LogP contribution < -0.4 is 0 Å². The van der Waals surface area contributed by atoms with Crippen LogP contribution in [0.4, 0.5) is 0 Å². The molecule has 23 heavy (non-hydrogen) atoms. The quantitative estimate of drug-likeness (QED) is 0.659. The maximum Gasteiger partial charge on any atom is 0.266 e. The summed E-state index contributed by atoms with van der Waals surface area (Å²) in [6, 6.07) is 14.2. The van der Waals surface area contributed by atoms with Gasteiger partial charge in [0.15, 0.2) is 0 Å². The van der Waals surface area contributed by atoms with E-state index in [4.69, 9.17) is 0 Å². The van der Waals surface area contributed by atoms with Crippen LogP contribution in [0.1, 0.15) is 29.1 Å². The summed E-state index contributed by atoms with van der Waals surface area (Å²) in [6.07, 6.45) is 1.70. The van der Waals surface area contributed by atoms with Crippen molar-refractivity contribution in [1.29, 1.82) is 0 Å². The molecule has 0 spiro atoms. The van der Waals surface area contributed by atoms with Gasteiger partial charge in [0.05, 0.1) is 11.1 Å². The zero-order valence-corrected chi connectivity index (χ0v) is 14.7. The zero-order chi connectivity index (χ0) is 16.2. The summed E-state index contributed by atoms with van der Waals surface area (Å²) in [7, 11) is 0. The summed E-state index contributed by atoms with van der Waals surface area (Å²) in [4.78, 5) is 21.0. The van der Waals surface area contributed by atoms with Crippen LogP contribution in [-0.4, -0.2) is 21.8 Å². The van der Waals surface area contributed by atoms with Crippen molar-refractivity contribution in [3.63, 3.8) is 0 Å². The molecule has 2 heterocycles. The van der Waals surface area contributed by atoms with E-state index in [0.717, 1.165) is 15.4 Å². The summed E-state index contributed by atoms with van der Waals surface area (Å²) in [6.45, 7) is 4.70. The van der Waals surface area contributed by atoms with Crippen LogP contribution in [0.3, 0.4) is 0 Å². The summed E-state index contributed by atoms with van der Waals surface area (Å²) in [5.41, 5.74) is 1.14. The second-order valence-electron chi connectivity index (χ2n) is 5.52. The number of aromatic nitrogens is 1. The lowest BCUT2D eigenvalue weighted by Crippen LogP contribution is -2.35. The Labute approximate surface area is 144 Å². The first-order valence-electron chi connectivity index (χ1n) is 7.49. The van der Waals surface area contributed by atoms with Crippen molar-refractivity contribution in [2.45, 2.75) is 26.4 Å². The second-order valence-corrected chi connectivity index (χ2v) is 7.50. The third-order valence-electron chi connectivity index (χ3n) is 3.53. The zero-order valence-electron chi connectivity index (χ0n) is 13.1. The number of hydrogen-bond acceptors (Lipinski definition) is 4.